The van der Waals surface area contributed by atoms with Crippen molar-refractivity contribution >= 4 is 0 Å². The molecule has 2 atom stereocenters. The smallest absolute Gasteiger partial charge is 0.200 e. The number of ether oxygens (including phenoxy) is 3. The molecular weight excluding hydrogens is 180 g/mol. The van der Waals surface area contributed by atoms with Crippen LogP contribution in [-0.4, -0.2) is 13.4 Å². The fraction of sp³-hybridized carbons (Fsp3) is 0.455. The van der Waals surface area contributed by atoms with E-state index >= 15 is 0 Å². The van der Waals surface area contributed by atoms with Crippen LogP contribution in [0.2, 0.25) is 0 Å². The fourth-order valence-electron chi connectivity index (χ4n) is 2.08. The van der Waals surface area contributed by atoms with Gasteiger partial charge in [-0.3, -0.25) is 0 Å². The highest BCUT2D eigenvalue weighted by molar-refractivity contribution is 5.43. The van der Waals surface area contributed by atoms with Crippen LogP contribution in [0.25, 0.3) is 0 Å². The normalized spacial score (nSPS) is 28.1. The summed E-state index contributed by atoms with van der Waals surface area (Å²) in [6, 6.07) is 5.88. The maximum atomic E-state index is 5.65. The summed E-state index contributed by atoms with van der Waals surface area (Å²) in [7, 11) is 1.67. The van der Waals surface area contributed by atoms with E-state index in [1.165, 1.54) is 0 Å². The summed E-state index contributed by atoms with van der Waals surface area (Å²) < 4.78 is 16.5. The zero-order valence-corrected chi connectivity index (χ0v) is 8.03. The highest BCUT2D eigenvalue weighted by Gasteiger charge is 2.35. The van der Waals surface area contributed by atoms with E-state index in [4.69, 9.17) is 14.2 Å². The molecule has 1 aromatic carbocycles. The largest absolute Gasteiger partial charge is 0.497 e. The van der Waals surface area contributed by atoms with Crippen molar-refractivity contribution in [2.75, 3.05) is 7.11 Å². The van der Waals surface area contributed by atoms with Crippen molar-refractivity contribution in [1.29, 1.82) is 0 Å². The van der Waals surface area contributed by atoms with Crippen molar-refractivity contribution in [2.24, 2.45) is 0 Å². The van der Waals surface area contributed by atoms with Gasteiger partial charge in [0.15, 0.2) is 0 Å². The van der Waals surface area contributed by atoms with Gasteiger partial charge in [-0.05, 0) is 24.6 Å². The molecule has 0 N–H and O–H groups in total. The zero-order valence-electron chi connectivity index (χ0n) is 8.03. The lowest BCUT2D eigenvalue weighted by Crippen LogP contribution is -2.20. The molecule has 74 valence electrons. The van der Waals surface area contributed by atoms with Gasteiger partial charge in [0.2, 0.25) is 6.29 Å². The SMILES string of the molecule is COc1ccc2c(c1)C1CCC(O2)O1. The number of benzene rings is 1. The van der Waals surface area contributed by atoms with Crippen molar-refractivity contribution in [3.8, 4) is 11.5 Å². The summed E-state index contributed by atoms with van der Waals surface area (Å²) in [6.45, 7) is 0. The molecule has 0 radical (unpaired) electrons. The van der Waals surface area contributed by atoms with E-state index < -0.39 is 0 Å². The molecule has 0 aromatic heterocycles. The van der Waals surface area contributed by atoms with E-state index in [9.17, 15) is 0 Å². The third kappa shape index (κ3) is 1.09. The van der Waals surface area contributed by atoms with E-state index in [0.717, 1.165) is 29.9 Å². The van der Waals surface area contributed by atoms with Crippen molar-refractivity contribution < 1.29 is 14.2 Å². The molecule has 1 fully saturated rings. The van der Waals surface area contributed by atoms with Crippen LogP contribution in [-0.2, 0) is 4.74 Å². The molecule has 3 nitrogen and oxygen atoms in total. The van der Waals surface area contributed by atoms with Crippen LogP contribution in [0.5, 0.6) is 11.5 Å². The molecule has 2 unspecified atom stereocenters. The first-order chi connectivity index (χ1) is 6.86. The summed E-state index contributed by atoms with van der Waals surface area (Å²) in [5.74, 6) is 1.81. The molecule has 0 spiro atoms. The Kier molecular flexibility index (Phi) is 1.67. The van der Waals surface area contributed by atoms with E-state index in [1.807, 2.05) is 18.2 Å². The van der Waals surface area contributed by atoms with Gasteiger partial charge >= 0.3 is 0 Å². The van der Waals surface area contributed by atoms with Crippen molar-refractivity contribution in [3.63, 3.8) is 0 Å². The molecule has 0 aliphatic carbocycles. The summed E-state index contributed by atoms with van der Waals surface area (Å²) in [5, 5.41) is 0. The number of hydrogen-bond acceptors (Lipinski definition) is 3. The van der Waals surface area contributed by atoms with E-state index in [-0.39, 0.29) is 12.4 Å². The maximum absolute atomic E-state index is 5.65. The Bertz CT molecular complexity index is 362. The molecular formula is C11H12O3. The lowest BCUT2D eigenvalue weighted by Gasteiger charge is -2.24. The first kappa shape index (κ1) is 8.12. The summed E-state index contributed by atoms with van der Waals surface area (Å²) in [6.07, 6.45) is 2.21. The highest BCUT2D eigenvalue weighted by atomic mass is 16.7. The molecule has 0 amide bonds. The molecule has 3 heteroatoms. The minimum Gasteiger partial charge on any atom is -0.497 e. The Labute approximate surface area is 82.6 Å². The second-order valence-electron chi connectivity index (χ2n) is 3.65. The topological polar surface area (TPSA) is 27.7 Å². The highest BCUT2D eigenvalue weighted by Crippen LogP contribution is 2.44. The number of rotatable bonds is 1. The van der Waals surface area contributed by atoms with Gasteiger partial charge in [-0.1, -0.05) is 0 Å². The predicted molar refractivity (Wildman–Crippen MR) is 50.5 cm³/mol. The molecule has 2 aliphatic rings. The fourth-order valence-corrected chi connectivity index (χ4v) is 2.08. The van der Waals surface area contributed by atoms with Gasteiger partial charge in [0.05, 0.1) is 13.2 Å². The Hall–Kier alpha value is -1.22. The lowest BCUT2D eigenvalue weighted by molar-refractivity contribution is -0.0933. The average Bonchev–Trinajstić information content (AvgIpc) is 2.61. The van der Waals surface area contributed by atoms with E-state index in [2.05, 4.69) is 0 Å². The van der Waals surface area contributed by atoms with Gasteiger partial charge in [0.25, 0.3) is 0 Å². The van der Waals surface area contributed by atoms with Gasteiger partial charge in [0, 0.05) is 12.0 Å². The number of methoxy groups -OCH3 is 1. The van der Waals surface area contributed by atoms with Crippen LogP contribution in [0.1, 0.15) is 24.5 Å². The molecule has 1 saturated heterocycles. The second kappa shape index (κ2) is 2.89. The minimum absolute atomic E-state index is 0.0269. The van der Waals surface area contributed by atoms with Gasteiger partial charge in [0.1, 0.15) is 11.5 Å². The Morgan fingerprint density at radius 2 is 2.29 bits per heavy atom. The number of hydrogen-bond donors (Lipinski definition) is 0. The third-order valence-electron chi connectivity index (χ3n) is 2.80. The first-order valence-electron chi connectivity index (χ1n) is 4.87. The van der Waals surface area contributed by atoms with Crippen molar-refractivity contribution in [3.05, 3.63) is 23.8 Å². The third-order valence-corrected chi connectivity index (χ3v) is 2.80. The van der Waals surface area contributed by atoms with Gasteiger partial charge in [-0.2, -0.15) is 0 Å². The predicted octanol–water partition coefficient (Wildman–Crippen LogP) is 2.27. The van der Waals surface area contributed by atoms with Crippen LogP contribution in [0.15, 0.2) is 18.2 Å². The molecule has 2 heterocycles. The summed E-state index contributed by atoms with van der Waals surface area (Å²) in [4.78, 5) is 0. The first-order valence-corrected chi connectivity index (χ1v) is 4.87. The summed E-state index contributed by atoms with van der Waals surface area (Å²) >= 11 is 0. The van der Waals surface area contributed by atoms with Gasteiger partial charge < -0.3 is 14.2 Å². The monoisotopic (exact) mass is 192 g/mol. The van der Waals surface area contributed by atoms with Gasteiger partial charge in [-0.15, -0.1) is 0 Å². The molecule has 1 aromatic rings. The maximum Gasteiger partial charge on any atom is 0.200 e. The standard InChI is InChI=1S/C11H12O3/c1-12-7-2-3-9-8(6-7)10-4-5-11(13-9)14-10/h2-3,6,10-11H,4-5H2,1H3. The quantitative estimate of drug-likeness (QED) is 0.683. The molecule has 3 rings (SSSR count). The Morgan fingerprint density at radius 1 is 1.36 bits per heavy atom. The van der Waals surface area contributed by atoms with Crippen LogP contribution in [0, 0.1) is 0 Å². The Morgan fingerprint density at radius 3 is 3.14 bits per heavy atom. The second-order valence-corrected chi connectivity index (χ2v) is 3.65. The minimum atomic E-state index is -0.0269. The average molecular weight is 192 g/mol. The van der Waals surface area contributed by atoms with Crippen molar-refractivity contribution in [2.45, 2.75) is 25.2 Å². The summed E-state index contributed by atoms with van der Waals surface area (Å²) in [5.41, 5.74) is 1.12. The van der Waals surface area contributed by atoms with Gasteiger partial charge in [-0.25, -0.2) is 0 Å². The number of fused-ring (bicyclic) bond motifs is 4. The molecule has 14 heavy (non-hydrogen) atoms. The zero-order chi connectivity index (χ0) is 9.54. The Balaban J connectivity index is 2.06. The molecule has 2 aliphatic heterocycles. The molecule has 2 bridgehead atoms. The van der Waals surface area contributed by atoms with Crippen LogP contribution >= 0.6 is 0 Å². The van der Waals surface area contributed by atoms with Crippen LogP contribution in [0.4, 0.5) is 0 Å². The molecule has 0 saturated carbocycles. The van der Waals surface area contributed by atoms with Crippen LogP contribution in [0.3, 0.4) is 0 Å². The van der Waals surface area contributed by atoms with E-state index in [1.54, 1.807) is 7.11 Å². The van der Waals surface area contributed by atoms with Crippen LogP contribution < -0.4 is 9.47 Å². The van der Waals surface area contributed by atoms with E-state index in [0.29, 0.717) is 0 Å². The van der Waals surface area contributed by atoms with Crippen molar-refractivity contribution in [1.82, 2.24) is 0 Å². The lowest BCUT2D eigenvalue weighted by atomic mass is 10.1.